The molecule has 0 radical (unpaired) electrons. The molecular weight excluding hydrogens is 1040 g/mol. The average molecular weight is 1220 g/mol. The summed E-state index contributed by atoms with van der Waals surface area (Å²) in [6.45, 7) is 88.8. The summed E-state index contributed by atoms with van der Waals surface area (Å²) in [4.78, 5) is 0. The van der Waals surface area contributed by atoms with Gasteiger partial charge in [0.1, 0.15) is 0 Å². The van der Waals surface area contributed by atoms with Gasteiger partial charge in [-0.25, -0.2) is 0 Å². The Kier molecular flexibility index (Phi) is 489. The summed E-state index contributed by atoms with van der Waals surface area (Å²) in [6, 6.07) is 76.7. The smallest absolute Gasteiger partial charge is 0.0184 e. The predicted molar refractivity (Wildman–Crippen MR) is 440 cm³/mol. The molecule has 0 unspecified atom stereocenters. The van der Waals surface area contributed by atoms with E-state index in [1.165, 1.54) is 30.0 Å². The molecule has 0 nitrogen and oxygen atoms in total. The molecule has 0 atom stereocenters. The van der Waals surface area contributed by atoms with Crippen molar-refractivity contribution in [3.63, 3.8) is 0 Å². The molecular formula is C87H176. The lowest BCUT2D eigenvalue weighted by Crippen LogP contribution is -1.67. The third kappa shape index (κ3) is 274. The maximum absolute atomic E-state index is 2.12. The molecule has 0 bridgehead atoms. The predicted octanol–water partition coefficient (Wildman–Crippen LogP) is 35.0. The second-order valence-electron chi connectivity index (χ2n) is 10.2. The van der Waals surface area contributed by atoms with Crippen molar-refractivity contribution in [3.8, 4) is 0 Å². The molecule has 0 aromatic heterocycles. The molecule has 0 saturated heterocycles. The molecule has 7 aromatic carbocycles. The molecule has 7 aromatic rings. The van der Waals surface area contributed by atoms with Crippen molar-refractivity contribution in [3.05, 3.63) is 231 Å². The van der Waals surface area contributed by atoms with E-state index in [9.17, 15) is 0 Å². The van der Waals surface area contributed by atoms with Crippen LogP contribution in [0.3, 0.4) is 0 Å². The van der Waals surface area contributed by atoms with Crippen LogP contribution in [0.4, 0.5) is 0 Å². The van der Waals surface area contributed by atoms with Crippen LogP contribution < -0.4 is 0 Å². The highest BCUT2D eigenvalue weighted by Gasteiger charge is 1.85. The van der Waals surface area contributed by atoms with Gasteiger partial charge in [-0.05, 0) is 10.8 Å². The van der Waals surface area contributed by atoms with Crippen LogP contribution in [0, 0.1) is 0 Å². The van der Waals surface area contributed by atoms with Gasteiger partial charge in [0.2, 0.25) is 0 Å². The highest BCUT2D eigenvalue weighted by atomic mass is 13.9. The maximum Gasteiger partial charge on any atom is -0.0184 e. The summed E-state index contributed by atoms with van der Waals surface area (Å²) in [5, 5.41) is 2.62. The van der Waals surface area contributed by atoms with Crippen LogP contribution in [-0.4, -0.2) is 0 Å². The monoisotopic (exact) mass is 1220 g/mol. The van der Waals surface area contributed by atoms with Gasteiger partial charge in [-0.15, -0.1) is 0 Å². The summed E-state index contributed by atoms with van der Waals surface area (Å²) >= 11 is 0. The minimum atomic E-state index is 1.25. The third-order valence-electron chi connectivity index (χ3n) is 4.99. The lowest BCUT2D eigenvalue weighted by Gasteiger charge is -1.92. The zero-order valence-electron chi connectivity index (χ0n) is 69.1. The Morgan fingerprint density at radius 2 is 0.161 bits per heavy atom. The molecule has 0 aliphatic heterocycles. The Morgan fingerprint density at radius 1 is 0.115 bits per heavy atom. The molecule has 0 heteroatoms. The van der Waals surface area contributed by atoms with Gasteiger partial charge in [0, 0.05) is 0 Å². The quantitative estimate of drug-likeness (QED) is 0.142. The summed E-state index contributed by atoms with van der Waals surface area (Å²) in [5.41, 5.74) is 0. The van der Waals surface area contributed by atoms with E-state index in [0.29, 0.717) is 0 Å². The average Bonchev–Trinajstić information content (AvgIpc) is 3.74. The molecule has 0 saturated carbocycles. The normalized spacial score (nSPS) is 5.84. The van der Waals surface area contributed by atoms with Crippen LogP contribution in [0.5, 0.6) is 0 Å². The van der Waals surface area contributed by atoms with Gasteiger partial charge in [-0.1, -0.05) is 554 Å². The van der Waals surface area contributed by atoms with E-state index in [1.807, 2.05) is 445 Å². The molecule has 0 fully saturated rings. The van der Waals surface area contributed by atoms with E-state index in [-0.39, 0.29) is 0 Å². The maximum atomic E-state index is 2.12. The summed E-state index contributed by atoms with van der Waals surface area (Å²) in [7, 11) is 0. The Morgan fingerprint density at radius 3 is 0.207 bits per heavy atom. The van der Waals surface area contributed by atoms with E-state index in [4.69, 9.17) is 0 Å². The largest absolute Gasteiger partial charge is 0.0683 e. The van der Waals surface area contributed by atoms with Gasteiger partial charge in [0.05, 0.1) is 0 Å². The highest BCUT2D eigenvalue weighted by Crippen LogP contribution is 2.11. The lowest BCUT2D eigenvalue weighted by atomic mass is 10.1. The lowest BCUT2D eigenvalue weighted by molar-refractivity contribution is 1.09. The zero-order valence-corrected chi connectivity index (χ0v) is 69.1. The Hall–Kier alpha value is -5.20. The van der Waals surface area contributed by atoms with Crippen molar-refractivity contribution in [2.45, 2.75) is 324 Å². The zero-order chi connectivity index (χ0) is 74.1. The fraction of sp³-hybridized carbons (Fsp3) is 0.540. The minimum absolute atomic E-state index is 1.25. The van der Waals surface area contributed by atoms with Gasteiger partial charge < -0.3 is 0 Å². The standard InChI is InChI=1S/C10H8.5C6H6.3C3H8.19C2H6/c1-2-6-10-8-4-3-7-9(10)5-1;5*1-2-4-6-5-3-1;3*1-3-2;19*1-2/h1-8H;5*1-6H;3*3H2,1-2H3;19*1-2H3. The van der Waals surface area contributed by atoms with E-state index >= 15 is 0 Å². The van der Waals surface area contributed by atoms with E-state index in [1.54, 1.807) is 0 Å². The number of fused-ring (bicyclic) bond motifs is 1. The number of rotatable bonds is 0. The van der Waals surface area contributed by atoms with Gasteiger partial charge >= 0.3 is 0 Å². The van der Waals surface area contributed by atoms with Crippen LogP contribution in [0.25, 0.3) is 10.8 Å². The van der Waals surface area contributed by atoms with Gasteiger partial charge in [-0.2, -0.15) is 0 Å². The van der Waals surface area contributed by atoms with Crippen LogP contribution >= 0.6 is 0 Å². The van der Waals surface area contributed by atoms with Crippen molar-refractivity contribution < 1.29 is 0 Å². The molecule has 87 heavy (non-hydrogen) atoms. The SMILES string of the molecule is CC.CC.CC.CC.CC.CC.CC.CC.CC.CC.CC.CC.CC.CC.CC.CC.CC.CC.CC.CCC.CCC.CCC.c1ccc2ccccc2c1.c1ccccc1.c1ccccc1.c1ccccc1.c1ccccc1.c1ccccc1. The van der Waals surface area contributed by atoms with Crippen LogP contribution in [-0.2, 0) is 0 Å². The molecule has 0 amide bonds. The van der Waals surface area contributed by atoms with Crippen molar-refractivity contribution in [1.29, 1.82) is 0 Å². The van der Waals surface area contributed by atoms with Crippen molar-refractivity contribution in [2.24, 2.45) is 0 Å². The Labute approximate surface area is 562 Å². The molecule has 0 aliphatic carbocycles. The second kappa shape index (κ2) is 294. The van der Waals surface area contributed by atoms with Gasteiger partial charge in [0.25, 0.3) is 0 Å². The first-order chi connectivity index (χ1) is 43.2. The Bertz CT molecular complexity index is 1060. The van der Waals surface area contributed by atoms with E-state index in [0.717, 1.165) is 0 Å². The van der Waals surface area contributed by atoms with Gasteiger partial charge in [0.15, 0.2) is 0 Å². The molecule has 7 rings (SSSR count). The molecule has 0 heterocycles. The first-order valence-electron chi connectivity index (χ1n) is 36.6. The molecule has 0 spiro atoms. The number of hydrogen-bond acceptors (Lipinski definition) is 0. The van der Waals surface area contributed by atoms with Gasteiger partial charge in [-0.3, -0.25) is 0 Å². The van der Waals surface area contributed by atoms with Crippen molar-refractivity contribution >= 4 is 10.8 Å². The van der Waals surface area contributed by atoms with E-state index in [2.05, 4.69) is 90.1 Å². The van der Waals surface area contributed by atoms with Crippen LogP contribution in [0.15, 0.2) is 231 Å². The fourth-order valence-electron chi connectivity index (χ4n) is 3.06. The molecule has 524 valence electrons. The van der Waals surface area contributed by atoms with Crippen molar-refractivity contribution in [2.75, 3.05) is 0 Å². The topological polar surface area (TPSA) is 0 Å². The number of benzene rings is 7. The minimum Gasteiger partial charge on any atom is -0.0683 e. The summed E-state index contributed by atoms with van der Waals surface area (Å²) in [5.74, 6) is 0. The number of hydrogen-bond donors (Lipinski definition) is 0. The van der Waals surface area contributed by atoms with Crippen LogP contribution in [0.1, 0.15) is 324 Å². The fourth-order valence-corrected chi connectivity index (χ4v) is 3.06. The Balaban J connectivity index is -0.0000000281. The second-order valence-corrected chi connectivity index (χ2v) is 10.2. The summed E-state index contributed by atoms with van der Waals surface area (Å²) in [6.07, 6.45) is 3.75. The molecule has 0 N–H and O–H groups in total. The molecule has 0 aliphatic rings. The first kappa shape index (κ1) is 144. The highest BCUT2D eigenvalue weighted by molar-refractivity contribution is 5.82. The summed E-state index contributed by atoms with van der Waals surface area (Å²) < 4.78 is 0. The first-order valence-corrected chi connectivity index (χ1v) is 36.6. The van der Waals surface area contributed by atoms with E-state index < -0.39 is 0 Å². The van der Waals surface area contributed by atoms with Crippen molar-refractivity contribution in [1.82, 2.24) is 0 Å². The van der Waals surface area contributed by atoms with Crippen LogP contribution in [0.2, 0.25) is 0 Å². The third-order valence-corrected chi connectivity index (χ3v) is 4.99.